The molecule has 1 aliphatic rings. The third kappa shape index (κ3) is 9.83. The molecule has 0 saturated carbocycles. The number of carbonyl (C=O) groups excluding carboxylic acids is 3. The average Bonchev–Trinajstić information content (AvgIpc) is 3.54. The highest BCUT2D eigenvalue weighted by Crippen LogP contribution is 2.30. The summed E-state index contributed by atoms with van der Waals surface area (Å²) in [6.07, 6.45) is 7.47. The number of likely N-dealkylation sites (tertiary alicyclic amines) is 1. The zero-order valence-electron chi connectivity index (χ0n) is 27.2. The van der Waals surface area contributed by atoms with Crippen LogP contribution in [0.3, 0.4) is 0 Å². The standard InChI is InChI=1S/C37H46N4O5/c1-26(38)35(43)40-34(27(2)45-24-29-12-6-5-7-13-29)36(44)41-21-11-16-32(41)18-19-37(4,25-46-28(3)42)23-30-14-10-15-31(22-30)33-17-8-9-20-39-33/h5-10,12-15,17-20,22,26-27,32,34H,11,16,21,23-25,38H2,1-4H3,(H,40,43)/t26-,27?,32-,34-,37-/m0/s1. The number of rotatable bonds is 14. The molecule has 3 N–H and O–H groups in total. The predicted molar refractivity (Wildman–Crippen MR) is 178 cm³/mol. The Morgan fingerprint density at radius 1 is 1.07 bits per heavy atom. The molecule has 0 spiro atoms. The summed E-state index contributed by atoms with van der Waals surface area (Å²) in [5.41, 5.74) is 9.25. The molecule has 2 aromatic carbocycles. The number of nitrogens with one attached hydrogen (secondary N) is 1. The Balaban J connectivity index is 1.53. The second-order valence-electron chi connectivity index (χ2n) is 12.4. The van der Waals surface area contributed by atoms with Crippen LogP contribution in [0.25, 0.3) is 11.3 Å². The molecule has 1 fully saturated rings. The summed E-state index contributed by atoms with van der Waals surface area (Å²) in [6.45, 7) is 7.88. The fourth-order valence-electron chi connectivity index (χ4n) is 5.62. The first-order valence-electron chi connectivity index (χ1n) is 15.9. The van der Waals surface area contributed by atoms with Gasteiger partial charge < -0.3 is 25.4 Å². The molecule has 1 unspecified atom stereocenters. The molecule has 2 heterocycles. The highest BCUT2D eigenvalue weighted by molar-refractivity contribution is 5.90. The van der Waals surface area contributed by atoms with Crippen molar-refractivity contribution in [1.29, 1.82) is 0 Å². The van der Waals surface area contributed by atoms with E-state index in [-0.39, 0.29) is 24.5 Å². The first-order chi connectivity index (χ1) is 22.0. The zero-order chi connectivity index (χ0) is 33.1. The number of carbonyl (C=O) groups is 3. The van der Waals surface area contributed by atoms with Crippen LogP contribution in [0.1, 0.15) is 51.7 Å². The number of hydrogen-bond donors (Lipinski definition) is 2. The Bertz CT molecular complexity index is 1480. The normalized spacial score (nSPS) is 18.0. The van der Waals surface area contributed by atoms with E-state index in [0.717, 1.165) is 35.2 Å². The highest BCUT2D eigenvalue weighted by Gasteiger charge is 2.37. The minimum absolute atomic E-state index is 0.185. The number of aromatic nitrogens is 1. The number of esters is 1. The molecule has 4 rings (SSSR count). The van der Waals surface area contributed by atoms with Crippen molar-refractivity contribution in [2.45, 2.75) is 77.8 Å². The molecule has 0 aliphatic carbocycles. The van der Waals surface area contributed by atoms with E-state index >= 15 is 0 Å². The van der Waals surface area contributed by atoms with Crippen LogP contribution in [-0.4, -0.2) is 65.0 Å². The smallest absolute Gasteiger partial charge is 0.302 e. The van der Waals surface area contributed by atoms with Crippen molar-refractivity contribution in [3.8, 4) is 11.3 Å². The van der Waals surface area contributed by atoms with Gasteiger partial charge in [0.15, 0.2) is 0 Å². The largest absolute Gasteiger partial charge is 0.465 e. The van der Waals surface area contributed by atoms with Crippen LogP contribution < -0.4 is 11.1 Å². The summed E-state index contributed by atoms with van der Waals surface area (Å²) >= 11 is 0. The number of hydrogen-bond acceptors (Lipinski definition) is 7. The Labute approximate surface area is 272 Å². The maximum absolute atomic E-state index is 14.1. The maximum atomic E-state index is 14.1. The lowest BCUT2D eigenvalue weighted by Crippen LogP contribution is -2.57. The fourth-order valence-corrected chi connectivity index (χ4v) is 5.62. The lowest BCUT2D eigenvalue weighted by molar-refractivity contribution is -0.143. The van der Waals surface area contributed by atoms with Gasteiger partial charge in [0, 0.05) is 30.6 Å². The van der Waals surface area contributed by atoms with Crippen LogP contribution in [0.4, 0.5) is 0 Å². The van der Waals surface area contributed by atoms with Gasteiger partial charge in [-0.3, -0.25) is 19.4 Å². The summed E-state index contributed by atoms with van der Waals surface area (Å²) in [5.74, 6) is -0.982. The lowest BCUT2D eigenvalue weighted by atomic mass is 9.83. The second-order valence-corrected chi connectivity index (χ2v) is 12.4. The third-order valence-corrected chi connectivity index (χ3v) is 8.21. The maximum Gasteiger partial charge on any atom is 0.302 e. The van der Waals surface area contributed by atoms with E-state index < -0.39 is 29.5 Å². The van der Waals surface area contributed by atoms with E-state index in [1.165, 1.54) is 6.92 Å². The average molecular weight is 627 g/mol. The van der Waals surface area contributed by atoms with Gasteiger partial charge in [-0.05, 0) is 62.4 Å². The van der Waals surface area contributed by atoms with Crippen molar-refractivity contribution >= 4 is 17.8 Å². The molecule has 9 nitrogen and oxygen atoms in total. The first-order valence-corrected chi connectivity index (χ1v) is 15.9. The van der Waals surface area contributed by atoms with Crippen LogP contribution in [0.5, 0.6) is 0 Å². The van der Waals surface area contributed by atoms with Crippen LogP contribution in [0, 0.1) is 5.41 Å². The van der Waals surface area contributed by atoms with Gasteiger partial charge in [0.05, 0.1) is 30.5 Å². The van der Waals surface area contributed by atoms with Gasteiger partial charge in [0.1, 0.15) is 12.6 Å². The van der Waals surface area contributed by atoms with E-state index in [4.69, 9.17) is 15.2 Å². The molecule has 0 radical (unpaired) electrons. The van der Waals surface area contributed by atoms with Gasteiger partial charge in [-0.1, -0.05) is 73.7 Å². The summed E-state index contributed by atoms with van der Waals surface area (Å²) in [7, 11) is 0. The van der Waals surface area contributed by atoms with E-state index in [0.29, 0.717) is 19.6 Å². The van der Waals surface area contributed by atoms with E-state index in [9.17, 15) is 14.4 Å². The van der Waals surface area contributed by atoms with Crippen LogP contribution >= 0.6 is 0 Å². The highest BCUT2D eigenvalue weighted by atomic mass is 16.5. The molecule has 1 saturated heterocycles. The number of nitrogens with two attached hydrogens (primary N) is 1. The fraction of sp³-hybridized carbons (Fsp3) is 0.405. The van der Waals surface area contributed by atoms with Crippen molar-refractivity contribution in [3.05, 3.63) is 102 Å². The minimum atomic E-state index is -0.905. The monoisotopic (exact) mass is 626 g/mol. The SMILES string of the molecule is CC(=O)OC[C@@](C)(C=C[C@@H]1CCCN1C(=O)[C@@H](NC(=O)[C@H](C)N)C(C)OCc1ccccc1)Cc1cccc(-c2ccccn2)c1. The first kappa shape index (κ1) is 34.5. The molecule has 0 bridgehead atoms. The van der Waals surface area contributed by atoms with Crippen molar-refractivity contribution in [2.75, 3.05) is 13.2 Å². The molecule has 3 aromatic rings. The molecule has 9 heteroatoms. The number of nitrogens with zero attached hydrogens (tertiary/aromatic N) is 2. The van der Waals surface area contributed by atoms with Crippen molar-refractivity contribution in [1.82, 2.24) is 15.2 Å². The third-order valence-electron chi connectivity index (χ3n) is 8.21. The molecule has 5 atom stereocenters. The number of benzene rings is 2. The van der Waals surface area contributed by atoms with Gasteiger partial charge in [-0.2, -0.15) is 0 Å². The Morgan fingerprint density at radius 3 is 2.50 bits per heavy atom. The topological polar surface area (TPSA) is 124 Å². The van der Waals surface area contributed by atoms with Crippen LogP contribution in [0.2, 0.25) is 0 Å². The molecule has 1 aromatic heterocycles. The van der Waals surface area contributed by atoms with E-state index in [1.54, 1.807) is 24.9 Å². The number of ether oxygens (including phenoxy) is 2. The summed E-state index contributed by atoms with van der Waals surface area (Å²) < 4.78 is 11.6. The molecule has 2 amide bonds. The summed E-state index contributed by atoms with van der Waals surface area (Å²) in [5, 5.41) is 2.84. The molecular weight excluding hydrogens is 580 g/mol. The molecule has 1 aliphatic heterocycles. The zero-order valence-corrected chi connectivity index (χ0v) is 27.2. The summed E-state index contributed by atoms with van der Waals surface area (Å²) in [6, 6.07) is 21.8. The Kier molecular flexibility index (Phi) is 12.2. The van der Waals surface area contributed by atoms with Crippen LogP contribution in [0.15, 0.2) is 91.1 Å². The van der Waals surface area contributed by atoms with Crippen LogP contribution in [-0.2, 0) is 36.9 Å². The minimum Gasteiger partial charge on any atom is -0.465 e. The Morgan fingerprint density at radius 2 is 1.80 bits per heavy atom. The second kappa shape index (κ2) is 16.3. The molecule has 46 heavy (non-hydrogen) atoms. The van der Waals surface area contributed by atoms with Crippen molar-refractivity contribution in [2.24, 2.45) is 11.1 Å². The van der Waals surface area contributed by atoms with E-state index in [2.05, 4.69) is 28.5 Å². The van der Waals surface area contributed by atoms with Crippen molar-refractivity contribution < 1.29 is 23.9 Å². The van der Waals surface area contributed by atoms with Gasteiger partial charge >= 0.3 is 5.97 Å². The Hall–Kier alpha value is -4.34. The number of pyridine rings is 1. The van der Waals surface area contributed by atoms with Gasteiger partial charge in [-0.15, -0.1) is 0 Å². The lowest BCUT2D eigenvalue weighted by Gasteiger charge is -2.32. The van der Waals surface area contributed by atoms with Crippen molar-refractivity contribution in [3.63, 3.8) is 0 Å². The summed E-state index contributed by atoms with van der Waals surface area (Å²) in [4.78, 5) is 44.9. The number of amides is 2. The molecule has 244 valence electrons. The molecular formula is C37H46N4O5. The predicted octanol–water partition coefficient (Wildman–Crippen LogP) is 4.85. The quantitative estimate of drug-likeness (QED) is 0.194. The van der Waals surface area contributed by atoms with Gasteiger partial charge in [0.25, 0.3) is 0 Å². The van der Waals surface area contributed by atoms with Gasteiger partial charge in [0.2, 0.25) is 11.8 Å². The van der Waals surface area contributed by atoms with E-state index in [1.807, 2.05) is 73.7 Å². The van der Waals surface area contributed by atoms with Gasteiger partial charge in [-0.25, -0.2) is 0 Å².